The van der Waals surface area contributed by atoms with Gasteiger partial charge in [0.1, 0.15) is 0 Å². The number of nitrogens with zero attached hydrogens (tertiary/aromatic N) is 1. The van der Waals surface area contributed by atoms with E-state index in [0.29, 0.717) is 0 Å². The van der Waals surface area contributed by atoms with Crippen molar-refractivity contribution >= 4 is 0 Å². The van der Waals surface area contributed by atoms with Crippen molar-refractivity contribution in [3.8, 4) is 0 Å². The van der Waals surface area contributed by atoms with Crippen LogP contribution in [0.25, 0.3) is 0 Å². The predicted molar refractivity (Wildman–Crippen MR) is 50.8 cm³/mol. The van der Waals surface area contributed by atoms with E-state index in [0.717, 1.165) is 0 Å². The summed E-state index contributed by atoms with van der Waals surface area (Å²) in [5.74, 6) is -7.40. The van der Waals surface area contributed by atoms with E-state index in [1.54, 1.807) is 0 Å². The Morgan fingerprint density at radius 3 is 1.78 bits per heavy atom. The van der Waals surface area contributed by atoms with Crippen LogP contribution >= 0.6 is 0 Å². The van der Waals surface area contributed by atoms with Gasteiger partial charge in [0.2, 0.25) is 5.95 Å². The number of pyridine rings is 1. The Labute approximate surface area is 132 Å². The zero-order valence-corrected chi connectivity index (χ0v) is 11.6. The topological polar surface area (TPSA) is 53.4 Å². The molecule has 0 aliphatic carbocycles. The third kappa shape index (κ3) is 4.96. The van der Waals surface area contributed by atoms with Gasteiger partial charge in [-0.1, -0.05) is 0 Å². The summed E-state index contributed by atoms with van der Waals surface area (Å²) >= 11 is 0. The summed E-state index contributed by atoms with van der Waals surface area (Å²) in [7, 11) is 0. The van der Waals surface area contributed by atoms with Crippen LogP contribution in [0.5, 0.6) is 0 Å². The van der Waals surface area contributed by atoms with Gasteiger partial charge in [0.15, 0.2) is 23.4 Å². The maximum Gasteiger partial charge on any atom is 0.436 e. The fraction of sp³-hybridized carbons (Fsp3) is 0.500. The fourth-order valence-corrected chi connectivity index (χ4v) is 1.47. The molecule has 0 bridgehead atoms. The summed E-state index contributed by atoms with van der Waals surface area (Å²) in [6, 6.07) is 0. The van der Waals surface area contributed by atoms with Crippen molar-refractivity contribution in [1.82, 2.24) is 4.98 Å². The van der Waals surface area contributed by atoms with Crippen LogP contribution in [0.3, 0.4) is 0 Å². The zero-order chi connectivity index (χ0) is 17.5. The van der Waals surface area contributed by atoms with Crippen LogP contribution in [0.2, 0.25) is 0 Å². The van der Waals surface area contributed by atoms with E-state index >= 15 is 0 Å². The Morgan fingerprint density at radius 1 is 0.913 bits per heavy atom. The predicted octanol–water partition coefficient (Wildman–Crippen LogP) is 2.86. The van der Waals surface area contributed by atoms with E-state index in [1.807, 2.05) is 4.98 Å². The average molecular weight is 399 g/mol. The summed E-state index contributed by atoms with van der Waals surface area (Å²) in [4.78, 5) is 1.98. The number of aliphatic hydroxyl groups is 2. The molecule has 3 nitrogen and oxygen atoms in total. The van der Waals surface area contributed by atoms with Gasteiger partial charge in [-0.2, -0.15) is 30.7 Å². The Morgan fingerprint density at radius 2 is 1.39 bits per heavy atom. The molecule has 1 aromatic heterocycles. The number of aromatic nitrogens is 1. The van der Waals surface area contributed by atoms with Gasteiger partial charge in [-0.15, -0.1) is 0 Å². The SMILES string of the molecule is OC(CC(O)C(F)(F)F)c1c(F)c(F)nc(C(F)(F)F)c1F.[Fe]. The van der Waals surface area contributed by atoms with E-state index in [-0.39, 0.29) is 17.1 Å². The second kappa shape index (κ2) is 7.24. The summed E-state index contributed by atoms with van der Waals surface area (Å²) in [5, 5.41) is 17.9. The normalized spacial score (nSPS) is 15.1. The van der Waals surface area contributed by atoms with E-state index < -0.39 is 59.8 Å². The van der Waals surface area contributed by atoms with Gasteiger partial charge in [0, 0.05) is 23.5 Å². The van der Waals surface area contributed by atoms with Gasteiger partial charge in [0.25, 0.3) is 0 Å². The number of halogens is 9. The van der Waals surface area contributed by atoms with Crippen LogP contribution in [0.1, 0.15) is 23.8 Å². The van der Waals surface area contributed by atoms with Gasteiger partial charge in [-0.05, 0) is 0 Å². The van der Waals surface area contributed by atoms with Crippen LogP contribution in [-0.2, 0) is 23.2 Å². The molecule has 0 aliphatic heterocycles. The molecule has 1 rings (SSSR count). The molecule has 0 aliphatic rings. The average Bonchev–Trinajstić information content (AvgIpc) is 2.31. The standard InChI is InChI=1S/C10H6F9NO2.Fe/c11-5-4(2(21)1-3(22)9(14,15)16)6(12)8(13)20-7(5)10(17,18)19;/h2-3,21-22H,1H2;. The smallest absolute Gasteiger partial charge is 0.388 e. The number of alkyl halides is 6. The summed E-state index contributed by atoms with van der Waals surface area (Å²) < 4.78 is 113. The minimum Gasteiger partial charge on any atom is -0.388 e. The molecule has 23 heavy (non-hydrogen) atoms. The molecule has 2 unspecified atom stereocenters. The van der Waals surface area contributed by atoms with E-state index in [9.17, 15) is 44.6 Å². The molecule has 0 aromatic carbocycles. The molecular weight excluding hydrogens is 393 g/mol. The molecule has 1 aromatic rings. The van der Waals surface area contributed by atoms with Gasteiger partial charge in [-0.25, -0.2) is 13.8 Å². The first-order valence-electron chi connectivity index (χ1n) is 5.31. The van der Waals surface area contributed by atoms with Crippen molar-refractivity contribution in [2.75, 3.05) is 0 Å². The summed E-state index contributed by atoms with van der Waals surface area (Å²) in [6.07, 6.45) is -18.8. The van der Waals surface area contributed by atoms with Crippen molar-refractivity contribution in [1.29, 1.82) is 0 Å². The second-order valence-electron chi connectivity index (χ2n) is 4.10. The molecule has 13 heteroatoms. The minimum absolute atomic E-state index is 0. The van der Waals surface area contributed by atoms with E-state index in [4.69, 9.17) is 5.11 Å². The van der Waals surface area contributed by atoms with Gasteiger partial charge < -0.3 is 10.2 Å². The molecule has 1 heterocycles. The third-order valence-electron chi connectivity index (χ3n) is 2.50. The molecule has 0 saturated carbocycles. The maximum atomic E-state index is 13.5. The Balaban J connectivity index is 0.00000484. The van der Waals surface area contributed by atoms with Crippen LogP contribution in [-0.4, -0.2) is 27.5 Å². The Hall–Kier alpha value is -1.04. The molecule has 0 amide bonds. The van der Waals surface area contributed by atoms with Crippen molar-refractivity contribution in [3.05, 3.63) is 28.8 Å². The molecular formula is C10H6F9FeNO2. The van der Waals surface area contributed by atoms with Gasteiger partial charge >= 0.3 is 12.4 Å². The number of aliphatic hydroxyl groups excluding tert-OH is 2. The largest absolute Gasteiger partial charge is 0.436 e. The molecule has 0 fully saturated rings. The van der Waals surface area contributed by atoms with Crippen molar-refractivity contribution in [2.45, 2.75) is 31.0 Å². The molecule has 134 valence electrons. The quantitative estimate of drug-likeness (QED) is 0.467. The summed E-state index contributed by atoms with van der Waals surface area (Å²) in [5.41, 5.74) is -4.54. The Kier molecular flexibility index (Phi) is 6.91. The van der Waals surface area contributed by atoms with Gasteiger partial charge in [0.05, 0.1) is 11.7 Å². The molecule has 0 radical (unpaired) electrons. The number of rotatable bonds is 3. The first-order chi connectivity index (χ1) is 9.76. The number of hydrogen-bond donors (Lipinski definition) is 2. The Bertz CT molecular complexity index is 561. The van der Waals surface area contributed by atoms with Crippen molar-refractivity contribution in [2.24, 2.45) is 0 Å². The first kappa shape index (κ1) is 22.0. The molecule has 0 spiro atoms. The second-order valence-corrected chi connectivity index (χ2v) is 4.10. The fourth-order valence-electron chi connectivity index (χ4n) is 1.47. The van der Waals surface area contributed by atoms with Crippen molar-refractivity contribution < 1.29 is 66.8 Å². The van der Waals surface area contributed by atoms with Gasteiger partial charge in [-0.3, -0.25) is 0 Å². The van der Waals surface area contributed by atoms with Crippen LogP contribution in [0, 0.1) is 17.6 Å². The number of hydrogen-bond acceptors (Lipinski definition) is 3. The van der Waals surface area contributed by atoms with Crippen LogP contribution in [0.15, 0.2) is 0 Å². The van der Waals surface area contributed by atoms with Crippen LogP contribution in [0.4, 0.5) is 39.5 Å². The third-order valence-corrected chi connectivity index (χ3v) is 2.50. The van der Waals surface area contributed by atoms with E-state index in [2.05, 4.69) is 0 Å². The molecule has 0 saturated heterocycles. The zero-order valence-electron chi connectivity index (χ0n) is 10.5. The van der Waals surface area contributed by atoms with Crippen molar-refractivity contribution in [3.63, 3.8) is 0 Å². The van der Waals surface area contributed by atoms with Crippen LogP contribution < -0.4 is 0 Å². The minimum atomic E-state index is -5.57. The molecule has 2 atom stereocenters. The maximum absolute atomic E-state index is 13.5. The first-order valence-corrected chi connectivity index (χ1v) is 5.31. The monoisotopic (exact) mass is 399 g/mol. The summed E-state index contributed by atoms with van der Waals surface area (Å²) in [6.45, 7) is 0. The molecule has 2 N–H and O–H groups in total. The van der Waals surface area contributed by atoms with E-state index in [1.165, 1.54) is 0 Å².